The standard InChI is InChI=1S/C11H19ClN2O2S2/c1-3-18(15,16)6-4-5-9(14-13)11-10(12)8(2)7-17-11/h7,9,14H,3-6,13H2,1-2H3. The normalized spacial score (nSPS) is 13.8. The van der Waals surface area contributed by atoms with Crippen molar-refractivity contribution in [3.8, 4) is 0 Å². The van der Waals surface area contributed by atoms with Crippen LogP contribution in [0.4, 0.5) is 0 Å². The number of nitrogens with two attached hydrogens (primary N) is 1. The van der Waals surface area contributed by atoms with E-state index >= 15 is 0 Å². The number of hydrogen-bond acceptors (Lipinski definition) is 5. The fraction of sp³-hybridized carbons (Fsp3) is 0.636. The van der Waals surface area contributed by atoms with E-state index in [1.54, 1.807) is 18.3 Å². The number of rotatable bonds is 7. The van der Waals surface area contributed by atoms with E-state index in [4.69, 9.17) is 17.4 Å². The van der Waals surface area contributed by atoms with Gasteiger partial charge < -0.3 is 0 Å². The molecule has 0 amide bonds. The van der Waals surface area contributed by atoms with Crippen molar-refractivity contribution < 1.29 is 8.42 Å². The van der Waals surface area contributed by atoms with Crippen LogP contribution in [0, 0.1) is 6.92 Å². The van der Waals surface area contributed by atoms with E-state index in [2.05, 4.69) is 5.43 Å². The highest BCUT2D eigenvalue weighted by molar-refractivity contribution is 7.91. The second-order valence-corrected chi connectivity index (χ2v) is 7.96. The van der Waals surface area contributed by atoms with Crippen molar-refractivity contribution in [3.63, 3.8) is 0 Å². The smallest absolute Gasteiger partial charge is 0.150 e. The van der Waals surface area contributed by atoms with Crippen LogP contribution in [0.2, 0.25) is 5.02 Å². The first-order valence-electron chi connectivity index (χ1n) is 5.81. The number of halogens is 1. The third kappa shape index (κ3) is 4.20. The Morgan fingerprint density at radius 1 is 1.56 bits per heavy atom. The molecule has 18 heavy (non-hydrogen) atoms. The summed E-state index contributed by atoms with van der Waals surface area (Å²) in [5.74, 6) is 5.90. The third-order valence-electron chi connectivity index (χ3n) is 2.83. The molecule has 1 atom stereocenters. The van der Waals surface area contributed by atoms with Gasteiger partial charge in [0.1, 0.15) is 9.84 Å². The molecule has 0 spiro atoms. The topological polar surface area (TPSA) is 72.2 Å². The van der Waals surface area contributed by atoms with E-state index in [9.17, 15) is 8.42 Å². The maximum Gasteiger partial charge on any atom is 0.150 e. The highest BCUT2D eigenvalue weighted by Gasteiger charge is 2.17. The number of aryl methyl sites for hydroxylation is 1. The quantitative estimate of drug-likeness (QED) is 0.599. The monoisotopic (exact) mass is 310 g/mol. The Kier molecular flexibility index (Phi) is 6.07. The minimum atomic E-state index is -2.91. The SMILES string of the molecule is CCS(=O)(=O)CCCC(NN)c1scc(C)c1Cl. The molecule has 1 rings (SSSR count). The molecule has 0 aliphatic heterocycles. The molecule has 7 heteroatoms. The molecular formula is C11H19ClN2O2S2. The summed E-state index contributed by atoms with van der Waals surface area (Å²) >= 11 is 7.72. The van der Waals surface area contributed by atoms with Gasteiger partial charge in [0, 0.05) is 10.6 Å². The molecule has 1 heterocycles. The van der Waals surface area contributed by atoms with E-state index < -0.39 is 9.84 Å². The minimum absolute atomic E-state index is 0.0803. The summed E-state index contributed by atoms with van der Waals surface area (Å²) in [6.45, 7) is 3.60. The number of hydrogen-bond donors (Lipinski definition) is 2. The molecule has 1 unspecified atom stereocenters. The van der Waals surface area contributed by atoms with Crippen molar-refractivity contribution in [1.29, 1.82) is 0 Å². The van der Waals surface area contributed by atoms with Crippen molar-refractivity contribution >= 4 is 32.8 Å². The zero-order chi connectivity index (χ0) is 13.8. The average Bonchev–Trinajstić information content (AvgIpc) is 2.66. The first-order chi connectivity index (χ1) is 8.41. The summed E-state index contributed by atoms with van der Waals surface area (Å²) in [5, 5.41) is 2.70. The number of sulfone groups is 1. The van der Waals surface area contributed by atoms with Gasteiger partial charge in [-0.05, 0) is 30.7 Å². The van der Waals surface area contributed by atoms with Gasteiger partial charge in [-0.25, -0.2) is 8.42 Å². The van der Waals surface area contributed by atoms with Crippen molar-refractivity contribution in [1.82, 2.24) is 5.43 Å². The molecule has 1 aromatic rings. The van der Waals surface area contributed by atoms with E-state index in [-0.39, 0.29) is 17.5 Å². The van der Waals surface area contributed by atoms with E-state index in [0.717, 1.165) is 15.5 Å². The van der Waals surface area contributed by atoms with Gasteiger partial charge in [0.25, 0.3) is 0 Å². The molecule has 104 valence electrons. The number of hydrazine groups is 1. The fourth-order valence-corrected chi connectivity index (χ4v) is 3.94. The average molecular weight is 311 g/mol. The molecule has 0 aliphatic rings. The molecule has 0 saturated carbocycles. The van der Waals surface area contributed by atoms with Crippen LogP contribution >= 0.6 is 22.9 Å². The van der Waals surface area contributed by atoms with Crippen LogP contribution in [0.25, 0.3) is 0 Å². The highest BCUT2D eigenvalue weighted by Crippen LogP contribution is 2.34. The Bertz CT molecular complexity index is 485. The van der Waals surface area contributed by atoms with Crippen LogP contribution < -0.4 is 11.3 Å². The van der Waals surface area contributed by atoms with Gasteiger partial charge in [-0.1, -0.05) is 18.5 Å². The Labute approximate surface area is 117 Å². The maximum atomic E-state index is 11.4. The van der Waals surface area contributed by atoms with Crippen molar-refractivity contribution in [3.05, 3.63) is 20.8 Å². The van der Waals surface area contributed by atoms with Crippen LogP contribution in [-0.2, 0) is 9.84 Å². The molecule has 3 N–H and O–H groups in total. The summed E-state index contributed by atoms with van der Waals surface area (Å²) in [6.07, 6.45) is 1.24. The molecule has 0 saturated heterocycles. The predicted molar refractivity (Wildman–Crippen MR) is 77.7 cm³/mol. The van der Waals surface area contributed by atoms with Gasteiger partial charge in [-0.2, -0.15) is 0 Å². The highest BCUT2D eigenvalue weighted by atomic mass is 35.5. The van der Waals surface area contributed by atoms with E-state index in [0.29, 0.717) is 12.8 Å². The van der Waals surface area contributed by atoms with Crippen LogP contribution in [-0.4, -0.2) is 19.9 Å². The van der Waals surface area contributed by atoms with Crippen LogP contribution in [0.5, 0.6) is 0 Å². The van der Waals surface area contributed by atoms with Gasteiger partial charge in [0.05, 0.1) is 16.8 Å². The Hall–Kier alpha value is -0.140. The number of nitrogens with one attached hydrogen (secondary N) is 1. The summed E-state index contributed by atoms with van der Waals surface area (Å²) in [6, 6.07) is -0.0803. The molecule has 0 aromatic carbocycles. The molecule has 0 fully saturated rings. The second-order valence-electron chi connectivity index (χ2n) is 4.19. The summed E-state index contributed by atoms with van der Waals surface area (Å²) in [7, 11) is -2.91. The van der Waals surface area contributed by atoms with Crippen LogP contribution in [0.15, 0.2) is 5.38 Å². The second kappa shape index (κ2) is 6.86. The maximum absolute atomic E-state index is 11.4. The molecule has 4 nitrogen and oxygen atoms in total. The Morgan fingerprint density at radius 2 is 2.22 bits per heavy atom. The summed E-state index contributed by atoms with van der Waals surface area (Å²) in [5.41, 5.74) is 3.73. The Morgan fingerprint density at radius 3 is 2.67 bits per heavy atom. The van der Waals surface area contributed by atoms with E-state index in [1.165, 1.54) is 0 Å². The first kappa shape index (κ1) is 15.9. The lowest BCUT2D eigenvalue weighted by Gasteiger charge is -2.14. The fourth-order valence-electron chi connectivity index (χ4n) is 1.63. The summed E-state index contributed by atoms with van der Waals surface area (Å²) < 4.78 is 22.8. The van der Waals surface area contributed by atoms with Gasteiger partial charge in [0.2, 0.25) is 0 Å². The molecule has 0 aliphatic carbocycles. The minimum Gasteiger partial charge on any atom is -0.271 e. The largest absolute Gasteiger partial charge is 0.271 e. The Balaban J connectivity index is 2.61. The third-order valence-corrected chi connectivity index (χ3v) is 6.45. The zero-order valence-electron chi connectivity index (χ0n) is 10.6. The molecular weight excluding hydrogens is 292 g/mol. The first-order valence-corrected chi connectivity index (χ1v) is 8.89. The van der Waals surface area contributed by atoms with E-state index in [1.807, 2.05) is 12.3 Å². The lowest BCUT2D eigenvalue weighted by molar-refractivity contribution is 0.514. The van der Waals surface area contributed by atoms with Crippen molar-refractivity contribution in [2.24, 2.45) is 5.84 Å². The molecule has 1 aromatic heterocycles. The number of thiophene rings is 1. The van der Waals surface area contributed by atoms with Gasteiger partial charge in [-0.15, -0.1) is 11.3 Å². The lowest BCUT2D eigenvalue weighted by Crippen LogP contribution is -2.28. The van der Waals surface area contributed by atoms with Crippen LogP contribution in [0.3, 0.4) is 0 Å². The lowest BCUT2D eigenvalue weighted by atomic mass is 10.1. The molecule has 0 bridgehead atoms. The molecule has 0 radical (unpaired) electrons. The predicted octanol–water partition coefficient (Wildman–Crippen LogP) is 2.43. The van der Waals surface area contributed by atoms with Gasteiger partial charge >= 0.3 is 0 Å². The zero-order valence-corrected chi connectivity index (χ0v) is 13.0. The van der Waals surface area contributed by atoms with Gasteiger partial charge in [0.15, 0.2) is 0 Å². The van der Waals surface area contributed by atoms with Crippen molar-refractivity contribution in [2.45, 2.75) is 32.7 Å². The summed E-state index contributed by atoms with van der Waals surface area (Å²) in [4.78, 5) is 0.977. The van der Waals surface area contributed by atoms with Crippen molar-refractivity contribution in [2.75, 3.05) is 11.5 Å². The van der Waals surface area contributed by atoms with Gasteiger partial charge in [-0.3, -0.25) is 11.3 Å². The van der Waals surface area contributed by atoms with Crippen LogP contribution in [0.1, 0.15) is 36.2 Å².